The van der Waals surface area contributed by atoms with Crippen molar-refractivity contribution in [3.05, 3.63) is 35.1 Å². The first-order valence-corrected chi connectivity index (χ1v) is 6.68. The number of ether oxygens (including phenoxy) is 1. The highest BCUT2D eigenvalue weighted by atomic mass is 19.2. The van der Waals surface area contributed by atoms with Gasteiger partial charge in [-0.25, -0.2) is 13.2 Å². The van der Waals surface area contributed by atoms with Gasteiger partial charge in [-0.3, -0.25) is 4.90 Å². The van der Waals surface area contributed by atoms with E-state index in [9.17, 15) is 13.2 Å². The quantitative estimate of drug-likeness (QED) is 0.863. The third-order valence-electron chi connectivity index (χ3n) is 3.81. The van der Waals surface area contributed by atoms with E-state index >= 15 is 0 Å². The Hall–Kier alpha value is -1.11. The summed E-state index contributed by atoms with van der Waals surface area (Å²) < 4.78 is 45.5. The minimum atomic E-state index is -1.18. The standard InChI is InChI=1S/C14H19F3N2O/c1-20-9-3-2-4-19(8-9)14(7-18)10-5-12(16)13(17)6-11(10)15/h5-6,9,14H,2-4,7-8,18H2,1H3. The molecule has 0 saturated carbocycles. The number of benzene rings is 1. The fourth-order valence-electron chi connectivity index (χ4n) is 2.71. The third-order valence-corrected chi connectivity index (χ3v) is 3.81. The van der Waals surface area contributed by atoms with Crippen molar-refractivity contribution < 1.29 is 17.9 Å². The van der Waals surface area contributed by atoms with Crippen molar-refractivity contribution in [3.63, 3.8) is 0 Å². The fourth-order valence-corrected chi connectivity index (χ4v) is 2.71. The molecule has 112 valence electrons. The second-order valence-electron chi connectivity index (χ2n) is 5.03. The van der Waals surface area contributed by atoms with Gasteiger partial charge in [0, 0.05) is 31.8 Å². The van der Waals surface area contributed by atoms with Crippen LogP contribution in [0.4, 0.5) is 13.2 Å². The second-order valence-corrected chi connectivity index (χ2v) is 5.03. The van der Waals surface area contributed by atoms with Gasteiger partial charge in [0.05, 0.1) is 12.1 Å². The van der Waals surface area contributed by atoms with Gasteiger partial charge in [0.1, 0.15) is 5.82 Å². The maximum absolute atomic E-state index is 13.9. The number of nitrogens with zero attached hydrogens (tertiary/aromatic N) is 1. The van der Waals surface area contributed by atoms with Crippen LogP contribution < -0.4 is 5.73 Å². The Morgan fingerprint density at radius 3 is 2.65 bits per heavy atom. The highest BCUT2D eigenvalue weighted by Crippen LogP contribution is 2.28. The smallest absolute Gasteiger partial charge is 0.161 e. The van der Waals surface area contributed by atoms with Gasteiger partial charge in [-0.05, 0) is 25.5 Å². The van der Waals surface area contributed by atoms with E-state index < -0.39 is 23.5 Å². The van der Waals surface area contributed by atoms with Crippen molar-refractivity contribution >= 4 is 0 Å². The first-order chi connectivity index (χ1) is 9.56. The van der Waals surface area contributed by atoms with Crippen molar-refractivity contribution in [1.82, 2.24) is 4.90 Å². The predicted molar refractivity (Wildman–Crippen MR) is 69.7 cm³/mol. The van der Waals surface area contributed by atoms with Gasteiger partial charge in [0.25, 0.3) is 0 Å². The van der Waals surface area contributed by atoms with Crippen LogP contribution in [0, 0.1) is 17.5 Å². The summed E-state index contributed by atoms with van der Waals surface area (Å²) in [6.07, 6.45) is 1.90. The number of hydrogen-bond donors (Lipinski definition) is 1. The lowest BCUT2D eigenvalue weighted by Crippen LogP contribution is -2.44. The summed E-state index contributed by atoms with van der Waals surface area (Å²) in [7, 11) is 1.63. The van der Waals surface area contributed by atoms with Crippen LogP contribution in [0.5, 0.6) is 0 Å². The summed E-state index contributed by atoms with van der Waals surface area (Å²) in [4.78, 5) is 1.97. The van der Waals surface area contributed by atoms with Gasteiger partial charge in [-0.2, -0.15) is 0 Å². The lowest BCUT2D eigenvalue weighted by molar-refractivity contribution is 0.0148. The van der Waals surface area contributed by atoms with E-state index in [0.29, 0.717) is 12.6 Å². The molecule has 1 aliphatic rings. The Morgan fingerprint density at radius 1 is 1.30 bits per heavy atom. The highest BCUT2D eigenvalue weighted by Gasteiger charge is 2.28. The Labute approximate surface area is 116 Å². The summed E-state index contributed by atoms with van der Waals surface area (Å²) in [5, 5.41) is 0. The first kappa shape index (κ1) is 15.3. The van der Waals surface area contributed by atoms with E-state index in [2.05, 4.69) is 0 Å². The summed E-state index contributed by atoms with van der Waals surface area (Å²) >= 11 is 0. The van der Waals surface area contributed by atoms with Crippen molar-refractivity contribution in [2.24, 2.45) is 5.73 Å². The third kappa shape index (κ3) is 3.13. The number of nitrogens with two attached hydrogens (primary N) is 1. The molecule has 0 aliphatic carbocycles. The predicted octanol–water partition coefficient (Wildman–Crippen LogP) is 2.21. The summed E-state index contributed by atoms with van der Waals surface area (Å²) in [6.45, 7) is 1.48. The average Bonchev–Trinajstić information content (AvgIpc) is 2.45. The van der Waals surface area contributed by atoms with Gasteiger partial charge < -0.3 is 10.5 Å². The van der Waals surface area contributed by atoms with Gasteiger partial charge in [0.2, 0.25) is 0 Å². The Morgan fingerprint density at radius 2 is 2.00 bits per heavy atom. The van der Waals surface area contributed by atoms with Crippen LogP contribution in [0.1, 0.15) is 24.4 Å². The molecule has 0 radical (unpaired) electrons. The molecule has 1 aromatic rings. The minimum absolute atomic E-state index is 0.0613. The van der Waals surface area contributed by atoms with Crippen LogP contribution in [0.3, 0.4) is 0 Å². The van der Waals surface area contributed by atoms with E-state index in [0.717, 1.165) is 25.5 Å². The summed E-state index contributed by atoms with van der Waals surface area (Å²) in [5.74, 6) is -3.01. The van der Waals surface area contributed by atoms with Gasteiger partial charge in [0.15, 0.2) is 11.6 Å². The molecule has 0 spiro atoms. The fraction of sp³-hybridized carbons (Fsp3) is 0.571. The Bertz CT molecular complexity index is 470. The van der Waals surface area contributed by atoms with E-state index in [-0.39, 0.29) is 18.2 Å². The zero-order valence-corrected chi connectivity index (χ0v) is 11.4. The van der Waals surface area contributed by atoms with E-state index in [1.165, 1.54) is 0 Å². The molecule has 1 heterocycles. The van der Waals surface area contributed by atoms with E-state index in [4.69, 9.17) is 10.5 Å². The number of methoxy groups -OCH3 is 1. The van der Waals surface area contributed by atoms with Crippen LogP contribution >= 0.6 is 0 Å². The molecule has 6 heteroatoms. The number of likely N-dealkylation sites (tertiary alicyclic amines) is 1. The first-order valence-electron chi connectivity index (χ1n) is 6.68. The highest BCUT2D eigenvalue weighted by molar-refractivity contribution is 5.24. The zero-order chi connectivity index (χ0) is 14.7. The van der Waals surface area contributed by atoms with Crippen molar-refractivity contribution in [3.8, 4) is 0 Å². The molecule has 1 aliphatic heterocycles. The van der Waals surface area contributed by atoms with Crippen molar-refractivity contribution in [2.75, 3.05) is 26.7 Å². The van der Waals surface area contributed by atoms with Crippen LogP contribution in [0.25, 0.3) is 0 Å². The van der Waals surface area contributed by atoms with Gasteiger partial charge in [-0.15, -0.1) is 0 Å². The Kier molecular flexibility index (Phi) is 5.01. The molecule has 0 bridgehead atoms. The van der Waals surface area contributed by atoms with Gasteiger partial charge >= 0.3 is 0 Å². The second kappa shape index (κ2) is 6.56. The molecular formula is C14H19F3N2O. The summed E-state index contributed by atoms with van der Waals surface area (Å²) in [5.41, 5.74) is 5.81. The number of hydrogen-bond acceptors (Lipinski definition) is 3. The molecule has 3 nitrogen and oxygen atoms in total. The number of rotatable bonds is 4. The topological polar surface area (TPSA) is 38.5 Å². The van der Waals surface area contributed by atoms with Gasteiger partial charge in [-0.1, -0.05) is 0 Å². The molecule has 2 rings (SSSR count). The van der Waals surface area contributed by atoms with Crippen LogP contribution in [0.15, 0.2) is 12.1 Å². The lowest BCUT2D eigenvalue weighted by Gasteiger charge is -2.37. The lowest BCUT2D eigenvalue weighted by atomic mass is 10.00. The van der Waals surface area contributed by atoms with E-state index in [1.807, 2.05) is 4.90 Å². The molecule has 2 atom stereocenters. The largest absolute Gasteiger partial charge is 0.380 e. The number of piperidine rings is 1. The maximum atomic E-state index is 13.9. The van der Waals surface area contributed by atoms with Crippen LogP contribution in [-0.2, 0) is 4.74 Å². The molecule has 1 aromatic carbocycles. The summed E-state index contributed by atoms with van der Waals surface area (Å²) in [6, 6.07) is 1.01. The molecule has 2 unspecified atom stereocenters. The molecule has 20 heavy (non-hydrogen) atoms. The van der Waals surface area contributed by atoms with Crippen LogP contribution in [0.2, 0.25) is 0 Å². The minimum Gasteiger partial charge on any atom is -0.380 e. The van der Waals surface area contributed by atoms with Crippen molar-refractivity contribution in [1.29, 1.82) is 0 Å². The zero-order valence-electron chi connectivity index (χ0n) is 11.4. The molecule has 0 amide bonds. The van der Waals surface area contributed by atoms with Crippen LogP contribution in [-0.4, -0.2) is 37.7 Å². The molecule has 1 fully saturated rings. The SMILES string of the molecule is COC1CCCN(C(CN)c2cc(F)c(F)cc2F)C1. The number of halogens is 3. The molecule has 0 aromatic heterocycles. The Balaban J connectivity index is 2.25. The monoisotopic (exact) mass is 288 g/mol. The normalized spacial score (nSPS) is 21.9. The molecule has 2 N–H and O–H groups in total. The van der Waals surface area contributed by atoms with E-state index in [1.54, 1.807) is 7.11 Å². The molecule has 1 saturated heterocycles. The molecular weight excluding hydrogens is 269 g/mol. The maximum Gasteiger partial charge on any atom is 0.161 e. The average molecular weight is 288 g/mol. The van der Waals surface area contributed by atoms with Crippen molar-refractivity contribution in [2.45, 2.75) is 25.0 Å².